The van der Waals surface area contributed by atoms with Crippen LogP contribution in [0.2, 0.25) is 4.34 Å². The van der Waals surface area contributed by atoms with Crippen LogP contribution >= 0.6 is 22.9 Å². The highest BCUT2D eigenvalue weighted by atomic mass is 35.5. The van der Waals surface area contributed by atoms with E-state index in [1.165, 1.54) is 9.78 Å². The molecule has 1 aromatic carbocycles. The predicted octanol–water partition coefficient (Wildman–Crippen LogP) is 1.13. The second kappa shape index (κ2) is 8.60. The van der Waals surface area contributed by atoms with Gasteiger partial charge in [-0.05, 0) is 31.2 Å². The summed E-state index contributed by atoms with van der Waals surface area (Å²) in [5.74, 6) is -4.66. The molecule has 2 aromatic rings. The van der Waals surface area contributed by atoms with E-state index in [0.717, 1.165) is 54.1 Å². The summed E-state index contributed by atoms with van der Waals surface area (Å²) in [5, 5.41) is 2.37. The highest BCUT2D eigenvalue weighted by Crippen LogP contribution is 2.20. The van der Waals surface area contributed by atoms with Gasteiger partial charge in [-0.15, -0.1) is 11.3 Å². The number of carbonyl (C=O) groups is 1. The Bertz CT molecular complexity index is 824. The summed E-state index contributed by atoms with van der Waals surface area (Å²) in [6, 6.07) is 5.33. The Morgan fingerprint density at radius 1 is 1.15 bits per heavy atom. The fourth-order valence-electron chi connectivity index (χ4n) is 3.28. The highest BCUT2D eigenvalue weighted by Gasteiger charge is 2.31. The van der Waals surface area contributed by atoms with Crippen LogP contribution < -0.4 is 15.1 Å². The summed E-state index contributed by atoms with van der Waals surface area (Å²) in [5.41, 5.74) is -0.344. The SMILES string of the molecule is C[C@@H](C(=O)Nc1ccc(F)c(F)c1F)[NH+]1CC[NH+](Cc2ccc(Cl)s2)CC1. The average molecular weight is 420 g/mol. The summed E-state index contributed by atoms with van der Waals surface area (Å²) in [6.07, 6.45) is 0. The lowest BCUT2D eigenvalue weighted by atomic mass is 10.2. The fourth-order valence-corrected chi connectivity index (χ4v) is 4.44. The largest absolute Gasteiger partial charge is 0.321 e. The molecule has 0 unspecified atom stereocenters. The Labute approximate surface area is 164 Å². The van der Waals surface area contributed by atoms with Crippen molar-refractivity contribution in [3.63, 3.8) is 0 Å². The van der Waals surface area contributed by atoms with Gasteiger partial charge in [-0.25, -0.2) is 13.2 Å². The third-order valence-electron chi connectivity index (χ3n) is 4.95. The van der Waals surface area contributed by atoms with Crippen molar-refractivity contribution < 1.29 is 27.8 Å². The van der Waals surface area contributed by atoms with Crippen molar-refractivity contribution in [1.29, 1.82) is 0 Å². The van der Waals surface area contributed by atoms with E-state index >= 15 is 0 Å². The van der Waals surface area contributed by atoms with Gasteiger partial charge in [-0.1, -0.05) is 11.6 Å². The molecular weight excluding hydrogens is 399 g/mol. The molecule has 1 atom stereocenters. The topological polar surface area (TPSA) is 38.0 Å². The Kier molecular flexibility index (Phi) is 6.41. The van der Waals surface area contributed by atoms with E-state index in [-0.39, 0.29) is 5.69 Å². The van der Waals surface area contributed by atoms with Crippen molar-refractivity contribution in [2.24, 2.45) is 0 Å². The van der Waals surface area contributed by atoms with Crippen LogP contribution in [0.5, 0.6) is 0 Å². The van der Waals surface area contributed by atoms with Crippen LogP contribution in [-0.2, 0) is 11.3 Å². The van der Waals surface area contributed by atoms with Gasteiger partial charge in [-0.2, -0.15) is 0 Å². The third kappa shape index (κ3) is 4.82. The molecule has 0 bridgehead atoms. The van der Waals surface area contributed by atoms with Crippen LogP contribution in [-0.4, -0.2) is 38.1 Å². The molecule has 1 amide bonds. The van der Waals surface area contributed by atoms with Crippen molar-refractivity contribution in [3.8, 4) is 0 Å². The molecule has 1 aliphatic rings. The molecule has 2 heterocycles. The number of anilines is 1. The molecule has 9 heteroatoms. The number of carbonyl (C=O) groups excluding carboxylic acids is 1. The molecule has 0 aliphatic carbocycles. The van der Waals surface area contributed by atoms with Gasteiger partial charge < -0.3 is 15.1 Å². The van der Waals surface area contributed by atoms with Crippen LogP contribution in [0.3, 0.4) is 0 Å². The van der Waals surface area contributed by atoms with Gasteiger partial charge in [0, 0.05) is 0 Å². The number of thiophene rings is 1. The Morgan fingerprint density at radius 2 is 1.85 bits per heavy atom. The Balaban J connectivity index is 1.53. The summed E-state index contributed by atoms with van der Waals surface area (Å²) in [4.78, 5) is 16.1. The molecule has 27 heavy (non-hydrogen) atoms. The maximum Gasteiger partial charge on any atom is 0.282 e. The first kappa shape index (κ1) is 20.1. The predicted molar refractivity (Wildman–Crippen MR) is 98.8 cm³/mol. The summed E-state index contributed by atoms with van der Waals surface area (Å²) in [7, 11) is 0. The monoisotopic (exact) mass is 419 g/mol. The molecule has 0 radical (unpaired) electrons. The zero-order valence-corrected chi connectivity index (χ0v) is 16.3. The van der Waals surface area contributed by atoms with E-state index < -0.39 is 29.4 Å². The van der Waals surface area contributed by atoms with E-state index in [0.29, 0.717) is 0 Å². The van der Waals surface area contributed by atoms with E-state index in [4.69, 9.17) is 11.6 Å². The molecule has 4 nitrogen and oxygen atoms in total. The van der Waals surface area contributed by atoms with Crippen LogP contribution in [0.4, 0.5) is 18.9 Å². The molecule has 146 valence electrons. The van der Waals surface area contributed by atoms with E-state index in [9.17, 15) is 18.0 Å². The number of rotatable bonds is 5. The zero-order valence-electron chi connectivity index (χ0n) is 14.8. The molecule has 3 rings (SSSR count). The third-order valence-corrected chi connectivity index (χ3v) is 6.18. The smallest absolute Gasteiger partial charge is 0.282 e. The van der Waals surface area contributed by atoms with Gasteiger partial charge >= 0.3 is 0 Å². The van der Waals surface area contributed by atoms with E-state index in [1.807, 2.05) is 12.1 Å². The van der Waals surface area contributed by atoms with Gasteiger partial charge in [0.2, 0.25) is 0 Å². The average Bonchev–Trinajstić information content (AvgIpc) is 3.07. The van der Waals surface area contributed by atoms with E-state index in [1.54, 1.807) is 18.3 Å². The summed E-state index contributed by atoms with van der Waals surface area (Å²) >= 11 is 7.54. The number of amides is 1. The van der Waals surface area contributed by atoms with E-state index in [2.05, 4.69) is 5.32 Å². The Hall–Kier alpha value is -1.61. The number of halogens is 4. The van der Waals surface area contributed by atoms with Crippen LogP contribution in [0.15, 0.2) is 24.3 Å². The van der Waals surface area contributed by atoms with Crippen molar-refractivity contribution >= 4 is 34.5 Å². The number of benzene rings is 1. The first-order chi connectivity index (χ1) is 12.8. The quantitative estimate of drug-likeness (QED) is 0.625. The normalized spacial score (nSPS) is 21.1. The van der Waals surface area contributed by atoms with Gasteiger partial charge in [0.1, 0.15) is 32.7 Å². The minimum Gasteiger partial charge on any atom is -0.321 e. The maximum absolute atomic E-state index is 13.7. The lowest BCUT2D eigenvalue weighted by molar-refractivity contribution is -1.02. The number of piperazine rings is 1. The molecule has 1 aliphatic heterocycles. The van der Waals surface area contributed by atoms with Crippen molar-refractivity contribution in [2.45, 2.75) is 19.5 Å². The van der Waals surface area contributed by atoms with Crippen LogP contribution in [0.25, 0.3) is 0 Å². The number of quaternary nitrogens is 2. The molecule has 0 saturated carbocycles. The number of hydrogen-bond donors (Lipinski definition) is 3. The maximum atomic E-state index is 13.7. The second-order valence-electron chi connectivity index (χ2n) is 6.72. The Morgan fingerprint density at radius 3 is 2.48 bits per heavy atom. The minimum absolute atomic E-state index is 0.344. The van der Waals surface area contributed by atoms with Gasteiger partial charge in [0.05, 0.1) is 14.9 Å². The molecular formula is C18H21ClF3N3OS+2. The first-order valence-corrected chi connectivity index (χ1v) is 9.91. The van der Waals surface area contributed by atoms with Crippen LogP contribution in [0.1, 0.15) is 11.8 Å². The highest BCUT2D eigenvalue weighted by molar-refractivity contribution is 7.16. The fraction of sp³-hybridized carbons (Fsp3) is 0.389. The van der Waals surface area contributed by atoms with Gasteiger partial charge in [0.15, 0.2) is 23.5 Å². The molecule has 3 N–H and O–H groups in total. The van der Waals surface area contributed by atoms with Crippen LogP contribution in [0, 0.1) is 17.5 Å². The van der Waals surface area contributed by atoms with Gasteiger partial charge in [0.25, 0.3) is 5.91 Å². The molecule has 1 fully saturated rings. The summed E-state index contributed by atoms with van der Waals surface area (Å²) < 4.78 is 40.8. The summed E-state index contributed by atoms with van der Waals surface area (Å²) in [6.45, 7) is 6.06. The van der Waals surface area contributed by atoms with Gasteiger partial charge in [-0.3, -0.25) is 4.79 Å². The molecule has 1 saturated heterocycles. The lowest BCUT2D eigenvalue weighted by Crippen LogP contribution is -3.29. The molecule has 0 spiro atoms. The standard InChI is InChI=1S/C18H19ClF3N3OS/c1-11(18(26)23-14-4-3-13(20)16(21)17(14)22)25-8-6-24(7-9-25)10-12-2-5-15(19)27-12/h2-5,11H,6-10H2,1H3,(H,23,26)/p+2/t11-/m0/s1. The first-order valence-electron chi connectivity index (χ1n) is 8.72. The van der Waals surface area contributed by atoms with Crippen molar-refractivity contribution in [1.82, 2.24) is 0 Å². The number of hydrogen-bond acceptors (Lipinski definition) is 2. The molecule has 1 aromatic heterocycles. The minimum atomic E-state index is -1.58. The van der Waals surface area contributed by atoms with Crippen molar-refractivity contribution in [2.75, 3.05) is 31.5 Å². The second-order valence-corrected chi connectivity index (χ2v) is 8.52. The zero-order chi connectivity index (χ0) is 19.6. The number of nitrogens with one attached hydrogen (secondary N) is 3. The lowest BCUT2D eigenvalue weighted by Gasteiger charge is -2.32. The van der Waals surface area contributed by atoms with Crippen molar-refractivity contribution in [3.05, 3.63) is 50.9 Å².